The van der Waals surface area contributed by atoms with Crippen molar-refractivity contribution >= 4 is 40.0 Å². The van der Waals surface area contributed by atoms with E-state index < -0.39 is 0 Å². The van der Waals surface area contributed by atoms with Gasteiger partial charge in [0, 0.05) is 30.0 Å². The van der Waals surface area contributed by atoms with E-state index in [2.05, 4.69) is 33.0 Å². The molecule has 2 amide bonds. The zero-order valence-corrected chi connectivity index (χ0v) is 18.1. The Bertz CT molecular complexity index is 979. The standard InChI is InChI=1S/C21H22N4O3S2/c1-28-17-9-5-8-16(12-17)20(27)22-11-10-18(26)23-21-25-24-19(30-21)14-29-13-15-6-3-2-4-7-15/h2-9,12H,10-11,13-14H2,1H3,(H,22,27)(H,23,25,26). The van der Waals surface area contributed by atoms with Gasteiger partial charge < -0.3 is 15.4 Å². The van der Waals surface area contributed by atoms with Gasteiger partial charge in [-0.05, 0) is 23.8 Å². The summed E-state index contributed by atoms with van der Waals surface area (Å²) in [5.41, 5.74) is 1.74. The molecule has 7 nitrogen and oxygen atoms in total. The van der Waals surface area contributed by atoms with Crippen molar-refractivity contribution in [3.8, 4) is 5.75 Å². The minimum absolute atomic E-state index is 0.146. The number of carbonyl (C=O) groups is 2. The topological polar surface area (TPSA) is 93.2 Å². The third-order valence-electron chi connectivity index (χ3n) is 4.02. The Morgan fingerprint density at radius 1 is 1.07 bits per heavy atom. The number of ether oxygens (including phenoxy) is 1. The molecule has 0 fully saturated rings. The van der Waals surface area contributed by atoms with Gasteiger partial charge in [0.2, 0.25) is 11.0 Å². The van der Waals surface area contributed by atoms with Crippen molar-refractivity contribution < 1.29 is 14.3 Å². The van der Waals surface area contributed by atoms with Gasteiger partial charge in [0.05, 0.1) is 7.11 Å². The lowest BCUT2D eigenvalue weighted by molar-refractivity contribution is -0.116. The fourth-order valence-corrected chi connectivity index (χ4v) is 4.33. The summed E-state index contributed by atoms with van der Waals surface area (Å²) >= 11 is 3.11. The van der Waals surface area contributed by atoms with Crippen LogP contribution in [0, 0.1) is 0 Å². The molecule has 30 heavy (non-hydrogen) atoms. The Labute approximate surface area is 183 Å². The van der Waals surface area contributed by atoms with Crippen LogP contribution >= 0.6 is 23.1 Å². The number of carbonyl (C=O) groups excluding carboxylic acids is 2. The number of aromatic nitrogens is 2. The van der Waals surface area contributed by atoms with E-state index in [1.54, 1.807) is 43.1 Å². The van der Waals surface area contributed by atoms with Crippen molar-refractivity contribution in [3.05, 3.63) is 70.7 Å². The summed E-state index contributed by atoms with van der Waals surface area (Å²) in [4.78, 5) is 24.2. The molecule has 1 aromatic heterocycles. The number of hydrogen-bond donors (Lipinski definition) is 2. The molecule has 1 heterocycles. The first-order valence-corrected chi connectivity index (χ1v) is 11.3. The lowest BCUT2D eigenvalue weighted by Gasteiger charge is -2.06. The van der Waals surface area contributed by atoms with E-state index >= 15 is 0 Å². The molecule has 0 bridgehead atoms. The number of amides is 2. The second-order valence-corrected chi connectivity index (χ2v) is 8.31. The number of thioether (sulfide) groups is 1. The number of nitrogens with zero attached hydrogens (tertiary/aromatic N) is 2. The molecule has 0 radical (unpaired) electrons. The average molecular weight is 443 g/mol. The van der Waals surface area contributed by atoms with Gasteiger partial charge in [0.1, 0.15) is 10.8 Å². The summed E-state index contributed by atoms with van der Waals surface area (Å²) in [6.07, 6.45) is 0.146. The normalized spacial score (nSPS) is 10.4. The first-order chi connectivity index (χ1) is 14.6. The lowest BCUT2D eigenvalue weighted by atomic mass is 10.2. The molecule has 3 rings (SSSR count). The van der Waals surface area contributed by atoms with Crippen LogP contribution in [0.2, 0.25) is 0 Å². The van der Waals surface area contributed by atoms with Crippen LogP contribution in [0.15, 0.2) is 54.6 Å². The molecule has 0 aliphatic rings. The molecule has 0 atom stereocenters. The molecule has 3 aromatic rings. The van der Waals surface area contributed by atoms with Gasteiger partial charge in [0.15, 0.2) is 0 Å². The molecule has 0 saturated heterocycles. The van der Waals surface area contributed by atoms with Crippen LogP contribution in [0.4, 0.5) is 5.13 Å². The maximum absolute atomic E-state index is 12.1. The summed E-state index contributed by atoms with van der Waals surface area (Å²) in [6, 6.07) is 17.1. The van der Waals surface area contributed by atoms with Crippen molar-refractivity contribution in [2.75, 3.05) is 19.0 Å². The van der Waals surface area contributed by atoms with Gasteiger partial charge in [-0.1, -0.05) is 47.7 Å². The number of nitrogens with one attached hydrogen (secondary N) is 2. The Kier molecular flexibility index (Phi) is 8.22. The smallest absolute Gasteiger partial charge is 0.251 e. The van der Waals surface area contributed by atoms with E-state index in [0.717, 1.165) is 16.5 Å². The van der Waals surface area contributed by atoms with E-state index in [1.807, 2.05) is 18.2 Å². The number of hydrogen-bond acceptors (Lipinski definition) is 7. The largest absolute Gasteiger partial charge is 0.497 e. The van der Waals surface area contributed by atoms with Crippen molar-refractivity contribution in [2.45, 2.75) is 17.9 Å². The zero-order valence-electron chi connectivity index (χ0n) is 16.5. The van der Waals surface area contributed by atoms with Crippen molar-refractivity contribution in [1.29, 1.82) is 0 Å². The number of anilines is 1. The van der Waals surface area contributed by atoms with Crippen LogP contribution in [0.25, 0.3) is 0 Å². The molecule has 0 aliphatic carbocycles. The molecule has 0 aliphatic heterocycles. The monoisotopic (exact) mass is 442 g/mol. The Balaban J connectivity index is 1.37. The lowest BCUT2D eigenvalue weighted by Crippen LogP contribution is -2.27. The summed E-state index contributed by atoms with van der Waals surface area (Å²) in [5.74, 6) is 1.76. The molecule has 156 valence electrons. The zero-order chi connectivity index (χ0) is 21.2. The SMILES string of the molecule is COc1cccc(C(=O)NCCC(=O)Nc2nnc(CSCc3ccccc3)s2)c1. The van der Waals surface area contributed by atoms with Crippen molar-refractivity contribution in [1.82, 2.24) is 15.5 Å². The fraction of sp³-hybridized carbons (Fsp3) is 0.238. The van der Waals surface area contributed by atoms with Crippen LogP contribution in [0.5, 0.6) is 5.75 Å². The highest BCUT2D eigenvalue weighted by Crippen LogP contribution is 2.22. The summed E-state index contributed by atoms with van der Waals surface area (Å²) in [6.45, 7) is 0.223. The maximum atomic E-state index is 12.1. The first kappa shape index (κ1) is 21.8. The fourth-order valence-electron chi connectivity index (χ4n) is 2.53. The highest BCUT2D eigenvalue weighted by Gasteiger charge is 2.10. The highest BCUT2D eigenvalue weighted by molar-refractivity contribution is 7.97. The first-order valence-electron chi connectivity index (χ1n) is 9.30. The molecule has 2 aromatic carbocycles. The summed E-state index contributed by atoms with van der Waals surface area (Å²) in [5, 5.41) is 14.9. The minimum Gasteiger partial charge on any atom is -0.497 e. The molecule has 2 N–H and O–H groups in total. The van der Waals surface area contributed by atoms with E-state index in [0.29, 0.717) is 16.4 Å². The molecule has 0 spiro atoms. The highest BCUT2D eigenvalue weighted by atomic mass is 32.2. The second kappa shape index (κ2) is 11.3. The van der Waals surface area contributed by atoms with Crippen LogP contribution in [-0.4, -0.2) is 35.7 Å². The van der Waals surface area contributed by atoms with E-state index in [4.69, 9.17) is 4.74 Å². The second-order valence-electron chi connectivity index (χ2n) is 6.27. The molecule has 9 heteroatoms. The van der Waals surface area contributed by atoms with Crippen LogP contribution in [0.1, 0.15) is 27.3 Å². The third kappa shape index (κ3) is 6.85. The van der Waals surface area contributed by atoms with E-state index in [1.165, 1.54) is 16.9 Å². The predicted octanol–water partition coefficient (Wildman–Crippen LogP) is 3.74. The summed E-state index contributed by atoms with van der Waals surface area (Å²) < 4.78 is 5.11. The molecular weight excluding hydrogens is 420 g/mol. The Morgan fingerprint density at radius 2 is 1.90 bits per heavy atom. The minimum atomic E-state index is -0.254. The average Bonchev–Trinajstić information content (AvgIpc) is 3.21. The summed E-state index contributed by atoms with van der Waals surface area (Å²) in [7, 11) is 1.54. The van der Waals surface area contributed by atoms with E-state index in [-0.39, 0.29) is 24.8 Å². The van der Waals surface area contributed by atoms with E-state index in [9.17, 15) is 9.59 Å². The van der Waals surface area contributed by atoms with Gasteiger partial charge in [0.25, 0.3) is 5.91 Å². The number of rotatable bonds is 10. The quantitative estimate of drug-likeness (QED) is 0.497. The third-order valence-corrected chi connectivity index (χ3v) is 6.06. The Hall–Kier alpha value is -2.91. The van der Waals surface area contributed by atoms with Crippen molar-refractivity contribution in [2.24, 2.45) is 0 Å². The van der Waals surface area contributed by atoms with Crippen LogP contribution in [0.3, 0.4) is 0 Å². The van der Waals surface area contributed by atoms with Gasteiger partial charge >= 0.3 is 0 Å². The van der Waals surface area contributed by atoms with Gasteiger partial charge in [-0.25, -0.2) is 0 Å². The Morgan fingerprint density at radius 3 is 2.70 bits per heavy atom. The van der Waals surface area contributed by atoms with Crippen molar-refractivity contribution in [3.63, 3.8) is 0 Å². The van der Waals surface area contributed by atoms with Gasteiger partial charge in [-0.3, -0.25) is 9.59 Å². The predicted molar refractivity (Wildman–Crippen MR) is 120 cm³/mol. The van der Waals surface area contributed by atoms with Gasteiger partial charge in [-0.15, -0.1) is 22.0 Å². The molecule has 0 unspecified atom stereocenters. The van der Waals surface area contributed by atoms with Crippen LogP contribution < -0.4 is 15.4 Å². The van der Waals surface area contributed by atoms with Gasteiger partial charge in [-0.2, -0.15) is 0 Å². The van der Waals surface area contributed by atoms with Crippen LogP contribution in [-0.2, 0) is 16.3 Å². The maximum Gasteiger partial charge on any atom is 0.251 e. The number of benzene rings is 2. The molecular formula is C21H22N4O3S2. The number of methoxy groups -OCH3 is 1. The molecule has 0 saturated carbocycles.